The van der Waals surface area contributed by atoms with Gasteiger partial charge in [-0.15, -0.1) is 5.10 Å². The summed E-state index contributed by atoms with van der Waals surface area (Å²) in [5, 5.41) is 11.0. The van der Waals surface area contributed by atoms with Crippen molar-refractivity contribution in [3.05, 3.63) is 108 Å². The first-order valence-electron chi connectivity index (χ1n) is 10.2. The molecule has 0 saturated carbocycles. The third-order valence-electron chi connectivity index (χ3n) is 5.32. The Morgan fingerprint density at radius 1 is 0.824 bits per heavy atom. The van der Waals surface area contributed by atoms with Gasteiger partial charge in [-0.1, -0.05) is 91.0 Å². The fraction of sp³-hybridized carbons (Fsp3) is 0. The van der Waals surface area contributed by atoms with E-state index >= 15 is 0 Å². The minimum absolute atomic E-state index is 0. The molecule has 1 heterocycles. The number of nitrogens with zero attached hydrogens (tertiary/aromatic N) is 3. The zero-order valence-electron chi connectivity index (χ0n) is 17.4. The summed E-state index contributed by atoms with van der Waals surface area (Å²) in [7, 11) is -4.45. The maximum absolute atomic E-state index is 12.1. The van der Waals surface area contributed by atoms with Gasteiger partial charge in [0.25, 0.3) is 10.1 Å². The zero-order valence-corrected chi connectivity index (χ0v) is 18.2. The monoisotopic (exact) mass is 477 g/mol. The van der Waals surface area contributed by atoms with Gasteiger partial charge in [-0.2, -0.15) is 18.3 Å². The second-order valence-corrected chi connectivity index (χ2v) is 8.88. The van der Waals surface area contributed by atoms with Crippen molar-refractivity contribution >= 4 is 62.6 Å². The molecule has 0 fully saturated rings. The summed E-state index contributed by atoms with van der Waals surface area (Å²) in [6, 6.07) is 28.1. The molecule has 5 rings (SSSR count). The van der Waals surface area contributed by atoms with Gasteiger partial charge in [0.05, 0.1) is 11.9 Å². The van der Waals surface area contributed by atoms with E-state index in [2.05, 4.69) is 10.2 Å². The van der Waals surface area contributed by atoms with Gasteiger partial charge < -0.3 is 0 Å². The van der Waals surface area contributed by atoms with Crippen LogP contribution in [0.3, 0.4) is 0 Å². The molecule has 34 heavy (non-hydrogen) atoms. The molecule has 0 aliphatic rings. The van der Waals surface area contributed by atoms with E-state index in [-0.39, 0.29) is 34.5 Å². The summed E-state index contributed by atoms with van der Waals surface area (Å²) >= 11 is 0. The van der Waals surface area contributed by atoms with Crippen LogP contribution in [-0.4, -0.2) is 57.5 Å². The van der Waals surface area contributed by atoms with Crippen LogP contribution >= 0.6 is 0 Å². The predicted molar refractivity (Wildman–Crippen MR) is 137 cm³/mol. The molecular formula is C26H20N3NaO3S. The first-order valence-corrected chi connectivity index (χ1v) is 11.7. The van der Waals surface area contributed by atoms with Gasteiger partial charge in [0.1, 0.15) is 10.6 Å². The summed E-state index contributed by atoms with van der Waals surface area (Å²) in [5.41, 5.74) is 3.14. The van der Waals surface area contributed by atoms with Crippen molar-refractivity contribution < 1.29 is 13.0 Å². The SMILES string of the molecule is O=S(=O)(O)c1cc(-c2cnn(-c3cccc4ccccc34)n2)ccc1C=Cc1ccccc1.[NaH]. The summed E-state index contributed by atoms with van der Waals surface area (Å²) in [5.74, 6) is 0. The molecule has 5 aromatic rings. The molecular weight excluding hydrogens is 457 g/mol. The summed E-state index contributed by atoms with van der Waals surface area (Å²) in [4.78, 5) is 1.33. The van der Waals surface area contributed by atoms with Crippen molar-refractivity contribution in [2.45, 2.75) is 4.90 Å². The minimum atomic E-state index is -4.45. The van der Waals surface area contributed by atoms with Crippen molar-refractivity contribution in [1.29, 1.82) is 0 Å². The molecule has 0 aliphatic heterocycles. The Morgan fingerprint density at radius 3 is 2.35 bits per heavy atom. The molecule has 1 N–H and O–H groups in total. The average molecular weight is 478 g/mol. The van der Waals surface area contributed by atoms with E-state index in [1.165, 1.54) is 10.9 Å². The van der Waals surface area contributed by atoms with Crippen molar-refractivity contribution in [2.75, 3.05) is 0 Å². The van der Waals surface area contributed by atoms with Gasteiger partial charge in [0.2, 0.25) is 0 Å². The third kappa shape index (κ3) is 5.04. The quantitative estimate of drug-likeness (QED) is 0.222. The molecule has 0 aliphatic carbocycles. The molecule has 164 valence electrons. The van der Waals surface area contributed by atoms with Gasteiger partial charge in [-0.25, -0.2) is 0 Å². The van der Waals surface area contributed by atoms with E-state index in [9.17, 15) is 13.0 Å². The number of benzene rings is 4. The Bertz CT molecular complexity index is 1590. The molecule has 8 heteroatoms. The van der Waals surface area contributed by atoms with Crippen LogP contribution in [0, 0.1) is 0 Å². The second kappa shape index (κ2) is 10.0. The first-order chi connectivity index (χ1) is 16.0. The summed E-state index contributed by atoms with van der Waals surface area (Å²) in [6.45, 7) is 0. The van der Waals surface area contributed by atoms with E-state index < -0.39 is 10.1 Å². The fourth-order valence-corrected chi connectivity index (χ4v) is 4.41. The fourth-order valence-electron chi connectivity index (χ4n) is 3.70. The number of hydrogen-bond donors (Lipinski definition) is 1. The van der Waals surface area contributed by atoms with Gasteiger partial charge in [0.15, 0.2) is 0 Å². The van der Waals surface area contributed by atoms with Crippen LogP contribution in [0.5, 0.6) is 0 Å². The molecule has 0 amide bonds. The molecule has 0 unspecified atom stereocenters. The Balaban J connectivity index is 0.00000274. The second-order valence-electron chi connectivity index (χ2n) is 7.49. The Hall–Kier alpha value is -3.07. The Labute approximate surface area is 219 Å². The summed E-state index contributed by atoms with van der Waals surface area (Å²) < 4.78 is 34.0. The van der Waals surface area contributed by atoms with Gasteiger partial charge in [-0.05, 0) is 28.6 Å². The summed E-state index contributed by atoms with van der Waals surface area (Å²) in [6.07, 6.45) is 5.03. The van der Waals surface area contributed by atoms with E-state index in [0.717, 1.165) is 22.0 Å². The average Bonchev–Trinajstić information content (AvgIpc) is 3.32. The third-order valence-corrected chi connectivity index (χ3v) is 6.23. The van der Waals surface area contributed by atoms with E-state index in [1.54, 1.807) is 30.5 Å². The molecule has 0 saturated heterocycles. The van der Waals surface area contributed by atoms with Crippen molar-refractivity contribution in [1.82, 2.24) is 15.0 Å². The van der Waals surface area contributed by atoms with Crippen LogP contribution in [-0.2, 0) is 10.1 Å². The number of rotatable bonds is 5. The van der Waals surface area contributed by atoms with Crippen molar-refractivity contribution in [2.24, 2.45) is 0 Å². The van der Waals surface area contributed by atoms with Gasteiger partial charge in [-0.3, -0.25) is 4.55 Å². The van der Waals surface area contributed by atoms with Crippen LogP contribution in [0.15, 0.2) is 102 Å². The van der Waals surface area contributed by atoms with E-state index in [4.69, 9.17) is 0 Å². The Morgan fingerprint density at radius 2 is 1.56 bits per heavy atom. The molecule has 6 nitrogen and oxygen atoms in total. The van der Waals surface area contributed by atoms with Crippen LogP contribution in [0.1, 0.15) is 11.1 Å². The van der Waals surface area contributed by atoms with Crippen LogP contribution in [0.25, 0.3) is 39.9 Å². The topological polar surface area (TPSA) is 85.1 Å². The molecule has 0 atom stereocenters. The predicted octanol–water partition coefficient (Wildman–Crippen LogP) is 4.86. The first kappa shape index (κ1) is 24.1. The standard InChI is InChI=1S/C26H19N3O3S.Na.H/c30-33(31,32)26-17-22(16-15-21(26)14-13-19-7-2-1-3-8-19)24-18-27-29(28-24)25-12-6-10-20-9-4-5-11-23(20)25;;/h1-18H,(H,30,31,32);;. The number of aromatic nitrogens is 3. The van der Waals surface area contributed by atoms with Crippen molar-refractivity contribution in [3.8, 4) is 16.9 Å². The Kier molecular flexibility index (Phi) is 7.11. The van der Waals surface area contributed by atoms with E-state index in [0.29, 0.717) is 16.8 Å². The molecule has 0 spiro atoms. The van der Waals surface area contributed by atoms with Gasteiger partial charge in [0, 0.05) is 10.9 Å². The van der Waals surface area contributed by atoms with Crippen molar-refractivity contribution in [3.63, 3.8) is 0 Å². The van der Waals surface area contributed by atoms with Crippen LogP contribution < -0.4 is 0 Å². The van der Waals surface area contributed by atoms with E-state index in [1.807, 2.05) is 72.8 Å². The number of hydrogen-bond acceptors (Lipinski definition) is 4. The molecule has 0 bridgehead atoms. The maximum atomic E-state index is 12.1. The van der Waals surface area contributed by atoms with Gasteiger partial charge >= 0.3 is 29.6 Å². The molecule has 4 aromatic carbocycles. The molecule has 1 aromatic heterocycles. The van der Waals surface area contributed by atoms with Crippen LogP contribution in [0.4, 0.5) is 0 Å². The molecule has 0 radical (unpaired) electrons. The zero-order chi connectivity index (χ0) is 22.8. The van der Waals surface area contributed by atoms with Crippen LogP contribution in [0.2, 0.25) is 0 Å². The number of fused-ring (bicyclic) bond motifs is 1. The normalized spacial score (nSPS) is 11.6.